The van der Waals surface area contributed by atoms with E-state index in [0.717, 1.165) is 5.56 Å². The van der Waals surface area contributed by atoms with Crippen molar-refractivity contribution in [3.8, 4) is 11.5 Å². The van der Waals surface area contributed by atoms with Crippen LogP contribution in [0, 0.1) is 19.7 Å². The monoisotopic (exact) mass is 241 g/mol. The zero-order valence-electron chi connectivity index (χ0n) is 11.1. The highest BCUT2D eigenvalue weighted by Crippen LogP contribution is 2.41. The van der Waals surface area contributed by atoms with Gasteiger partial charge in [0.25, 0.3) is 0 Å². The number of hydrogen-bond acceptors (Lipinski definition) is 3. The number of nitrogens with two attached hydrogens (primary N) is 1. The van der Waals surface area contributed by atoms with Crippen molar-refractivity contribution in [3.05, 3.63) is 22.5 Å². The summed E-state index contributed by atoms with van der Waals surface area (Å²) in [5.41, 5.74) is 7.49. The van der Waals surface area contributed by atoms with Gasteiger partial charge in [-0.1, -0.05) is 6.92 Å². The van der Waals surface area contributed by atoms with E-state index in [1.54, 1.807) is 21.0 Å². The molecule has 96 valence electrons. The Bertz CT molecular complexity index is 419. The van der Waals surface area contributed by atoms with Crippen molar-refractivity contribution >= 4 is 0 Å². The molecule has 0 heterocycles. The quantitative estimate of drug-likeness (QED) is 0.881. The second kappa shape index (κ2) is 5.36. The summed E-state index contributed by atoms with van der Waals surface area (Å²) < 4.78 is 24.7. The molecule has 0 aliphatic carbocycles. The third kappa shape index (κ3) is 2.22. The zero-order valence-corrected chi connectivity index (χ0v) is 11.1. The fourth-order valence-electron chi connectivity index (χ4n) is 2.12. The van der Waals surface area contributed by atoms with Crippen LogP contribution in [0.4, 0.5) is 4.39 Å². The summed E-state index contributed by atoms with van der Waals surface area (Å²) in [6, 6.07) is 0. The van der Waals surface area contributed by atoms with Crippen molar-refractivity contribution in [2.75, 3.05) is 20.8 Å². The largest absolute Gasteiger partial charge is 0.493 e. The molecule has 1 aromatic rings. The van der Waals surface area contributed by atoms with E-state index in [9.17, 15) is 4.39 Å². The molecule has 0 aromatic heterocycles. The number of ether oxygens (including phenoxy) is 2. The van der Waals surface area contributed by atoms with Gasteiger partial charge in [-0.25, -0.2) is 4.39 Å². The molecule has 1 atom stereocenters. The first-order valence-electron chi connectivity index (χ1n) is 5.60. The summed E-state index contributed by atoms with van der Waals surface area (Å²) in [7, 11) is 3.07. The Hall–Kier alpha value is -1.29. The van der Waals surface area contributed by atoms with E-state index in [0.29, 0.717) is 29.2 Å². The molecular weight excluding hydrogens is 221 g/mol. The van der Waals surface area contributed by atoms with Crippen molar-refractivity contribution in [2.24, 2.45) is 5.73 Å². The summed E-state index contributed by atoms with van der Waals surface area (Å²) in [4.78, 5) is 0. The maximum atomic E-state index is 14.1. The lowest BCUT2D eigenvalue weighted by atomic mass is 9.92. The molecule has 4 heteroatoms. The minimum Gasteiger partial charge on any atom is -0.493 e. The Balaban J connectivity index is 3.61. The van der Waals surface area contributed by atoms with Gasteiger partial charge in [0.1, 0.15) is 5.82 Å². The van der Waals surface area contributed by atoms with Crippen LogP contribution in [0.1, 0.15) is 29.5 Å². The van der Waals surface area contributed by atoms with Gasteiger partial charge in [0.15, 0.2) is 11.5 Å². The van der Waals surface area contributed by atoms with E-state index in [1.807, 2.05) is 6.92 Å². The lowest BCUT2D eigenvalue weighted by Gasteiger charge is -2.21. The summed E-state index contributed by atoms with van der Waals surface area (Å²) >= 11 is 0. The van der Waals surface area contributed by atoms with Gasteiger partial charge in [-0.3, -0.25) is 0 Å². The molecule has 2 N–H and O–H groups in total. The first-order chi connectivity index (χ1) is 7.99. The van der Waals surface area contributed by atoms with Gasteiger partial charge in [0.2, 0.25) is 0 Å². The molecule has 3 nitrogen and oxygen atoms in total. The maximum absolute atomic E-state index is 14.1. The normalized spacial score (nSPS) is 12.4. The SMILES string of the molecule is COc1c(C)c(F)c(C)c(C(C)CN)c1OC. The molecule has 0 amide bonds. The summed E-state index contributed by atoms with van der Waals surface area (Å²) in [6.07, 6.45) is 0. The maximum Gasteiger partial charge on any atom is 0.166 e. The predicted octanol–water partition coefficient (Wildman–Crippen LogP) is 2.52. The van der Waals surface area contributed by atoms with Crippen LogP contribution in [0.2, 0.25) is 0 Å². The van der Waals surface area contributed by atoms with Crippen LogP contribution in [-0.4, -0.2) is 20.8 Å². The third-order valence-corrected chi connectivity index (χ3v) is 3.11. The standard InChI is InChI=1S/C13H20FNO2/c1-7(6-15)10-8(2)11(14)9(3)12(16-4)13(10)17-5/h7H,6,15H2,1-5H3. The van der Waals surface area contributed by atoms with Crippen molar-refractivity contribution in [1.82, 2.24) is 0 Å². The molecule has 0 aliphatic heterocycles. The summed E-state index contributed by atoms with van der Waals surface area (Å²) in [6.45, 7) is 5.80. The van der Waals surface area contributed by atoms with Crippen LogP contribution < -0.4 is 15.2 Å². The number of methoxy groups -OCH3 is 2. The lowest BCUT2D eigenvalue weighted by molar-refractivity contribution is 0.343. The predicted molar refractivity (Wildman–Crippen MR) is 66.4 cm³/mol. The molecular formula is C13H20FNO2. The molecule has 0 saturated heterocycles. The van der Waals surface area contributed by atoms with Gasteiger partial charge < -0.3 is 15.2 Å². The van der Waals surface area contributed by atoms with Crippen LogP contribution >= 0.6 is 0 Å². The molecule has 1 unspecified atom stereocenters. The molecule has 0 spiro atoms. The molecule has 17 heavy (non-hydrogen) atoms. The highest BCUT2D eigenvalue weighted by Gasteiger charge is 2.24. The second-order valence-electron chi connectivity index (χ2n) is 4.18. The van der Waals surface area contributed by atoms with Crippen LogP contribution in [0.5, 0.6) is 11.5 Å². The van der Waals surface area contributed by atoms with Gasteiger partial charge in [0, 0.05) is 11.1 Å². The fourth-order valence-corrected chi connectivity index (χ4v) is 2.12. The van der Waals surface area contributed by atoms with Gasteiger partial charge in [-0.15, -0.1) is 0 Å². The minimum atomic E-state index is -0.252. The van der Waals surface area contributed by atoms with E-state index in [2.05, 4.69) is 0 Å². The molecule has 1 aromatic carbocycles. The van der Waals surface area contributed by atoms with Crippen LogP contribution in [0.15, 0.2) is 0 Å². The minimum absolute atomic E-state index is 0.0222. The van der Waals surface area contributed by atoms with Gasteiger partial charge in [0.05, 0.1) is 14.2 Å². The average molecular weight is 241 g/mol. The molecule has 0 fully saturated rings. The molecule has 0 bridgehead atoms. The summed E-state index contributed by atoms with van der Waals surface area (Å²) in [5.74, 6) is 0.805. The molecule has 0 radical (unpaired) electrons. The number of halogens is 1. The van der Waals surface area contributed by atoms with Crippen LogP contribution in [0.25, 0.3) is 0 Å². The van der Waals surface area contributed by atoms with Crippen molar-refractivity contribution in [3.63, 3.8) is 0 Å². The third-order valence-electron chi connectivity index (χ3n) is 3.11. The smallest absolute Gasteiger partial charge is 0.166 e. The van der Waals surface area contributed by atoms with Crippen LogP contribution in [-0.2, 0) is 0 Å². The Kier molecular flexibility index (Phi) is 4.34. The van der Waals surface area contributed by atoms with Gasteiger partial charge in [-0.05, 0) is 31.9 Å². The Morgan fingerprint density at radius 3 is 2.06 bits per heavy atom. The van der Waals surface area contributed by atoms with E-state index in [-0.39, 0.29) is 11.7 Å². The highest BCUT2D eigenvalue weighted by atomic mass is 19.1. The Morgan fingerprint density at radius 2 is 1.65 bits per heavy atom. The zero-order chi connectivity index (χ0) is 13.2. The highest BCUT2D eigenvalue weighted by molar-refractivity contribution is 5.57. The van der Waals surface area contributed by atoms with Crippen molar-refractivity contribution in [1.29, 1.82) is 0 Å². The van der Waals surface area contributed by atoms with Crippen molar-refractivity contribution < 1.29 is 13.9 Å². The number of hydrogen-bond donors (Lipinski definition) is 1. The van der Waals surface area contributed by atoms with E-state index in [1.165, 1.54) is 7.11 Å². The van der Waals surface area contributed by atoms with E-state index < -0.39 is 0 Å². The van der Waals surface area contributed by atoms with E-state index in [4.69, 9.17) is 15.2 Å². The fraction of sp³-hybridized carbons (Fsp3) is 0.538. The number of rotatable bonds is 4. The molecule has 1 rings (SSSR count). The average Bonchev–Trinajstić information content (AvgIpc) is 2.34. The Labute approximate surface area is 102 Å². The Morgan fingerprint density at radius 1 is 1.12 bits per heavy atom. The van der Waals surface area contributed by atoms with Crippen molar-refractivity contribution in [2.45, 2.75) is 26.7 Å². The lowest BCUT2D eigenvalue weighted by Crippen LogP contribution is -2.14. The first kappa shape index (κ1) is 13.8. The molecule has 0 saturated carbocycles. The molecule has 0 aliphatic rings. The number of benzene rings is 1. The first-order valence-corrected chi connectivity index (χ1v) is 5.60. The topological polar surface area (TPSA) is 44.5 Å². The van der Waals surface area contributed by atoms with Gasteiger partial charge >= 0.3 is 0 Å². The van der Waals surface area contributed by atoms with E-state index >= 15 is 0 Å². The summed E-state index contributed by atoms with van der Waals surface area (Å²) in [5, 5.41) is 0. The second-order valence-corrected chi connectivity index (χ2v) is 4.18. The van der Waals surface area contributed by atoms with Gasteiger partial charge in [-0.2, -0.15) is 0 Å². The van der Waals surface area contributed by atoms with Crippen LogP contribution in [0.3, 0.4) is 0 Å².